The molecule has 1 aromatic heterocycles. The van der Waals surface area contributed by atoms with Crippen LogP contribution in [0.3, 0.4) is 0 Å². The van der Waals surface area contributed by atoms with Crippen LogP contribution in [0.15, 0.2) is 6.07 Å². The Morgan fingerprint density at radius 3 is 2.56 bits per heavy atom. The van der Waals surface area contributed by atoms with Gasteiger partial charge in [-0.15, -0.1) is 0 Å². The van der Waals surface area contributed by atoms with E-state index in [4.69, 9.17) is 5.73 Å². The Balaban J connectivity index is 2.04. The zero-order valence-electron chi connectivity index (χ0n) is 11.1. The summed E-state index contributed by atoms with van der Waals surface area (Å²) in [7, 11) is 0. The van der Waals surface area contributed by atoms with E-state index in [0.29, 0.717) is 11.9 Å². The number of aliphatic hydroxyl groups is 1. The Morgan fingerprint density at radius 1 is 1.28 bits per heavy atom. The molecule has 0 saturated heterocycles. The van der Waals surface area contributed by atoms with Gasteiger partial charge in [0.1, 0.15) is 17.5 Å². The van der Waals surface area contributed by atoms with Gasteiger partial charge in [0.2, 0.25) is 0 Å². The lowest BCUT2D eigenvalue weighted by molar-refractivity contribution is 0.126. The highest BCUT2D eigenvalue weighted by Crippen LogP contribution is 2.22. The summed E-state index contributed by atoms with van der Waals surface area (Å²) in [5.74, 6) is 2.34. The van der Waals surface area contributed by atoms with Gasteiger partial charge < -0.3 is 16.2 Å². The van der Waals surface area contributed by atoms with Crippen LogP contribution in [0.2, 0.25) is 0 Å². The fourth-order valence-electron chi connectivity index (χ4n) is 2.25. The summed E-state index contributed by atoms with van der Waals surface area (Å²) < 4.78 is 0. The lowest BCUT2D eigenvalue weighted by Gasteiger charge is -2.26. The predicted octanol–water partition coefficient (Wildman–Crippen LogP) is 1.90. The van der Waals surface area contributed by atoms with Gasteiger partial charge in [0, 0.05) is 18.0 Å². The minimum absolute atomic E-state index is 0.134. The number of aromatic nitrogens is 2. The number of aliphatic hydroxyl groups excluding tert-OH is 1. The van der Waals surface area contributed by atoms with E-state index >= 15 is 0 Å². The Kier molecular flexibility index (Phi) is 4.01. The summed E-state index contributed by atoms with van der Waals surface area (Å²) in [4.78, 5) is 8.71. The van der Waals surface area contributed by atoms with Gasteiger partial charge in [0.05, 0.1) is 6.10 Å². The van der Waals surface area contributed by atoms with Crippen LogP contribution < -0.4 is 11.1 Å². The molecule has 1 fully saturated rings. The Morgan fingerprint density at radius 2 is 1.94 bits per heavy atom. The number of nitrogens with one attached hydrogen (secondary N) is 1. The van der Waals surface area contributed by atoms with Crippen molar-refractivity contribution in [1.29, 1.82) is 0 Å². The van der Waals surface area contributed by atoms with E-state index in [1.807, 2.05) is 0 Å². The molecule has 0 amide bonds. The first-order valence-corrected chi connectivity index (χ1v) is 6.63. The number of nitrogen functional groups attached to an aromatic ring is 1. The molecule has 100 valence electrons. The van der Waals surface area contributed by atoms with Crippen LogP contribution in [-0.2, 0) is 0 Å². The summed E-state index contributed by atoms with van der Waals surface area (Å²) in [5, 5.41) is 12.9. The van der Waals surface area contributed by atoms with Crippen LogP contribution in [-0.4, -0.2) is 27.2 Å². The van der Waals surface area contributed by atoms with Crippen molar-refractivity contribution >= 4 is 11.6 Å². The van der Waals surface area contributed by atoms with Crippen LogP contribution in [0.1, 0.15) is 51.3 Å². The third-order valence-electron chi connectivity index (χ3n) is 3.33. The zero-order valence-corrected chi connectivity index (χ0v) is 11.1. The number of hydrogen-bond donors (Lipinski definition) is 3. The van der Waals surface area contributed by atoms with Gasteiger partial charge in [-0.2, -0.15) is 0 Å². The van der Waals surface area contributed by atoms with Gasteiger partial charge >= 0.3 is 0 Å². The molecule has 0 unspecified atom stereocenters. The maximum atomic E-state index is 9.48. The molecular formula is C13H22N4O. The second-order valence-electron chi connectivity index (χ2n) is 5.34. The molecule has 1 heterocycles. The quantitative estimate of drug-likeness (QED) is 0.763. The van der Waals surface area contributed by atoms with E-state index in [-0.39, 0.29) is 12.0 Å². The fraction of sp³-hybridized carbons (Fsp3) is 0.692. The molecule has 5 heteroatoms. The van der Waals surface area contributed by atoms with Crippen LogP contribution in [0, 0.1) is 0 Å². The van der Waals surface area contributed by atoms with Crippen molar-refractivity contribution in [2.75, 3.05) is 11.1 Å². The third-order valence-corrected chi connectivity index (χ3v) is 3.33. The highest BCUT2D eigenvalue weighted by Gasteiger charge is 2.19. The maximum Gasteiger partial charge on any atom is 0.135 e. The van der Waals surface area contributed by atoms with E-state index in [0.717, 1.165) is 37.3 Å². The zero-order chi connectivity index (χ0) is 13.1. The summed E-state index contributed by atoms with van der Waals surface area (Å²) in [6, 6.07) is 2.15. The lowest BCUT2D eigenvalue weighted by atomic mass is 9.93. The SMILES string of the molecule is CC(C)c1nc(N)cc(NC2CCC(O)CC2)n1. The number of hydrogen-bond acceptors (Lipinski definition) is 5. The van der Waals surface area contributed by atoms with E-state index in [1.54, 1.807) is 6.07 Å². The van der Waals surface area contributed by atoms with Crippen molar-refractivity contribution in [3.63, 3.8) is 0 Å². The summed E-state index contributed by atoms with van der Waals surface area (Å²) in [6.45, 7) is 4.10. The Hall–Kier alpha value is -1.36. The van der Waals surface area contributed by atoms with Gasteiger partial charge in [-0.25, -0.2) is 9.97 Å². The molecule has 1 aliphatic rings. The molecule has 0 aliphatic heterocycles. The Bertz CT molecular complexity index is 400. The van der Waals surface area contributed by atoms with Gasteiger partial charge in [-0.1, -0.05) is 13.8 Å². The van der Waals surface area contributed by atoms with E-state index < -0.39 is 0 Å². The predicted molar refractivity (Wildman–Crippen MR) is 72.4 cm³/mol. The Labute approximate surface area is 108 Å². The molecule has 0 spiro atoms. The molecule has 0 atom stereocenters. The van der Waals surface area contributed by atoms with Gasteiger partial charge in [-0.05, 0) is 25.7 Å². The van der Waals surface area contributed by atoms with E-state index in [1.165, 1.54) is 0 Å². The van der Waals surface area contributed by atoms with Gasteiger partial charge in [0.25, 0.3) is 0 Å². The summed E-state index contributed by atoms with van der Waals surface area (Å²) in [5.41, 5.74) is 5.79. The monoisotopic (exact) mass is 250 g/mol. The minimum Gasteiger partial charge on any atom is -0.393 e. The minimum atomic E-state index is -0.134. The number of nitrogens with two attached hydrogens (primary N) is 1. The lowest BCUT2D eigenvalue weighted by Crippen LogP contribution is -2.28. The first-order valence-electron chi connectivity index (χ1n) is 6.63. The second-order valence-corrected chi connectivity index (χ2v) is 5.34. The molecule has 18 heavy (non-hydrogen) atoms. The third kappa shape index (κ3) is 3.32. The largest absolute Gasteiger partial charge is 0.393 e. The van der Waals surface area contributed by atoms with Crippen molar-refractivity contribution in [2.24, 2.45) is 0 Å². The van der Waals surface area contributed by atoms with E-state index in [2.05, 4.69) is 29.1 Å². The summed E-state index contributed by atoms with van der Waals surface area (Å²) in [6.07, 6.45) is 3.53. The van der Waals surface area contributed by atoms with E-state index in [9.17, 15) is 5.11 Å². The topological polar surface area (TPSA) is 84.1 Å². The highest BCUT2D eigenvalue weighted by molar-refractivity contribution is 5.45. The molecule has 0 radical (unpaired) electrons. The molecule has 1 saturated carbocycles. The summed E-state index contributed by atoms with van der Waals surface area (Å²) >= 11 is 0. The molecule has 1 aromatic rings. The molecule has 1 aliphatic carbocycles. The number of nitrogens with zero attached hydrogens (tertiary/aromatic N) is 2. The second kappa shape index (κ2) is 5.52. The molecule has 0 bridgehead atoms. The smallest absolute Gasteiger partial charge is 0.135 e. The average molecular weight is 250 g/mol. The molecule has 4 N–H and O–H groups in total. The fourth-order valence-corrected chi connectivity index (χ4v) is 2.25. The van der Waals surface area contributed by atoms with Crippen LogP contribution >= 0.6 is 0 Å². The molecule has 0 aromatic carbocycles. The van der Waals surface area contributed by atoms with Gasteiger partial charge in [-0.3, -0.25) is 0 Å². The normalized spacial score (nSPS) is 24.2. The average Bonchev–Trinajstić information content (AvgIpc) is 2.31. The number of rotatable bonds is 3. The van der Waals surface area contributed by atoms with Gasteiger partial charge in [0.15, 0.2) is 0 Å². The van der Waals surface area contributed by atoms with Crippen LogP contribution in [0.4, 0.5) is 11.6 Å². The van der Waals surface area contributed by atoms with Crippen LogP contribution in [0.25, 0.3) is 0 Å². The molecule has 2 rings (SSSR count). The maximum absolute atomic E-state index is 9.48. The van der Waals surface area contributed by atoms with Crippen molar-refractivity contribution in [2.45, 2.75) is 57.6 Å². The van der Waals surface area contributed by atoms with Crippen molar-refractivity contribution in [1.82, 2.24) is 9.97 Å². The first kappa shape index (κ1) is 13.1. The molecule has 5 nitrogen and oxygen atoms in total. The van der Waals surface area contributed by atoms with Crippen LogP contribution in [0.5, 0.6) is 0 Å². The highest BCUT2D eigenvalue weighted by atomic mass is 16.3. The first-order chi connectivity index (χ1) is 8.54. The van der Waals surface area contributed by atoms with Crippen molar-refractivity contribution in [3.8, 4) is 0 Å². The number of anilines is 2. The van der Waals surface area contributed by atoms with Crippen molar-refractivity contribution in [3.05, 3.63) is 11.9 Å². The molecular weight excluding hydrogens is 228 g/mol. The van der Waals surface area contributed by atoms with Crippen molar-refractivity contribution < 1.29 is 5.11 Å². The standard InChI is InChI=1S/C13H22N4O/c1-8(2)13-16-11(14)7-12(17-13)15-9-3-5-10(18)6-4-9/h7-10,18H,3-6H2,1-2H3,(H3,14,15,16,17).